The number of hydrogen-bond acceptors (Lipinski definition) is 5. The SMILES string of the molecule is Cc1nc(-c2ccc3c(c2)CCN3C(=O)c2cc3ccccc3oc2=O)cs1. The third-order valence-electron chi connectivity index (χ3n) is 5.01. The molecule has 0 bridgehead atoms. The van der Waals surface area contributed by atoms with Crippen LogP contribution in [0.15, 0.2) is 63.1 Å². The third kappa shape index (κ3) is 2.73. The lowest BCUT2D eigenvalue weighted by molar-refractivity contribution is 0.0986. The molecule has 28 heavy (non-hydrogen) atoms. The van der Waals surface area contributed by atoms with Crippen molar-refractivity contribution in [3.63, 3.8) is 0 Å². The van der Waals surface area contributed by atoms with Gasteiger partial charge in [0.05, 0.1) is 10.7 Å². The number of carbonyl (C=O) groups is 1. The van der Waals surface area contributed by atoms with Crippen molar-refractivity contribution in [2.45, 2.75) is 13.3 Å². The van der Waals surface area contributed by atoms with E-state index in [1.54, 1.807) is 34.4 Å². The number of carbonyl (C=O) groups excluding carboxylic acids is 1. The number of fused-ring (bicyclic) bond motifs is 2. The summed E-state index contributed by atoms with van der Waals surface area (Å²) in [5.41, 5.74) is 3.86. The number of aryl methyl sites for hydroxylation is 1. The number of nitrogens with zero attached hydrogens (tertiary/aromatic N) is 2. The van der Waals surface area contributed by atoms with Crippen LogP contribution in [0.1, 0.15) is 20.9 Å². The molecule has 5 rings (SSSR count). The van der Waals surface area contributed by atoms with E-state index in [4.69, 9.17) is 4.42 Å². The highest BCUT2D eigenvalue weighted by atomic mass is 32.1. The summed E-state index contributed by atoms with van der Waals surface area (Å²) in [6, 6.07) is 14.8. The molecule has 6 heteroatoms. The molecular formula is C22H16N2O3S. The van der Waals surface area contributed by atoms with E-state index in [1.165, 1.54) is 0 Å². The minimum absolute atomic E-state index is 0.0609. The van der Waals surface area contributed by atoms with Gasteiger partial charge < -0.3 is 9.32 Å². The number of anilines is 1. The van der Waals surface area contributed by atoms with Gasteiger partial charge in [-0.1, -0.05) is 24.3 Å². The zero-order chi connectivity index (χ0) is 19.3. The van der Waals surface area contributed by atoms with E-state index < -0.39 is 5.63 Å². The summed E-state index contributed by atoms with van der Waals surface area (Å²) in [5.74, 6) is -0.324. The van der Waals surface area contributed by atoms with Crippen LogP contribution in [0, 0.1) is 6.92 Å². The van der Waals surface area contributed by atoms with Crippen molar-refractivity contribution < 1.29 is 9.21 Å². The average Bonchev–Trinajstić information content (AvgIpc) is 3.32. The molecule has 1 aliphatic heterocycles. The Balaban J connectivity index is 1.52. The summed E-state index contributed by atoms with van der Waals surface area (Å²) in [6.07, 6.45) is 0.747. The highest BCUT2D eigenvalue weighted by Gasteiger charge is 2.28. The van der Waals surface area contributed by atoms with Crippen LogP contribution < -0.4 is 10.5 Å². The number of hydrogen-bond donors (Lipinski definition) is 0. The number of benzene rings is 2. The summed E-state index contributed by atoms with van der Waals surface area (Å²) in [7, 11) is 0. The van der Waals surface area contributed by atoms with Gasteiger partial charge in [-0.2, -0.15) is 0 Å². The Morgan fingerprint density at radius 1 is 1.18 bits per heavy atom. The van der Waals surface area contributed by atoms with Crippen molar-refractivity contribution in [2.24, 2.45) is 0 Å². The molecule has 0 saturated heterocycles. The molecule has 138 valence electrons. The van der Waals surface area contributed by atoms with Gasteiger partial charge in [0.25, 0.3) is 5.91 Å². The lowest BCUT2D eigenvalue weighted by atomic mass is 10.1. The van der Waals surface area contributed by atoms with E-state index in [9.17, 15) is 9.59 Å². The summed E-state index contributed by atoms with van der Waals surface area (Å²) >= 11 is 1.62. The minimum Gasteiger partial charge on any atom is -0.422 e. The Bertz CT molecular complexity index is 1290. The van der Waals surface area contributed by atoms with Gasteiger partial charge in [0.2, 0.25) is 0 Å². The molecule has 0 radical (unpaired) electrons. The number of thiazole rings is 1. The Labute approximate surface area is 164 Å². The molecule has 0 unspecified atom stereocenters. The van der Waals surface area contributed by atoms with Gasteiger partial charge in [-0.25, -0.2) is 9.78 Å². The molecule has 0 spiro atoms. The molecule has 0 saturated carbocycles. The summed E-state index contributed by atoms with van der Waals surface area (Å²) in [6.45, 7) is 2.52. The molecule has 1 amide bonds. The molecular weight excluding hydrogens is 372 g/mol. The minimum atomic E-state index is -0.605. The number of aromatic nitrogens is 1. The monoisotopic (exact) mass is 388 g/mol. The molecule has 2 aromatic carbocycles. The summed E-state index contributed by atoms with van der Waals surface area (Å²) in [5, 5.41) is 3.80. The van der Waals surface area contributed by atoms with Crippen LogP contribution in [0.25, 0.3) is 22.2 Å². The van der Waals surface area contributed by atoms with Crippen LogP contribution in [0.4, 0.5) is 5.69 Å². The maximum atomic E-state index is 13.1. The third-order valence-corrected chi connectivity index (χ3v) is 5.78. The molecule has 1 aliphatic rings. The Morgan fingerprint density at radius 3 is 2.86 bits per heavy atom. The first-order chi connectivity index (χ1) is 13.6. The predicted molar refractivity (Wildman–Crippen MR) is 110 cm³/mol. The summed E-state index contributed by atoms with van der Waals surface area (Å²) in [4.78, 5) is 31.6. The van der Waals surface area contributed by atoms with Gasteiger partial charge in [0, 0.05) is 28.6 Å². The van der Waals surface area contributed by atoms with Crippen molar-refractivity contribution >= 4 is 33.9 Å². The Morgan fingerprint density at radius 2 is 2.04 bits per heavy atom. The van der Waals surface area contributed by atoms with E-state index in [2.05, 4.69) is 11.1 Å². The number of rotatable bonds is 2. The second kappa shape index (κ2) is 6.42. The van der Waals surface area contributed by atoms with E-state index >= 15 is 0 Å². The molecule has 4 aromatic rings. The fourth-order valence-electron chi connectivity index (χ4n) is 3.62. The number of para-hydroxylation sites is 1. The summed E-state index contributed by atoms with van der Waals surface area (Å²) < 4.78 is 5.33. The van der Waals surface area contributed by atoms with Crippen LogP contribution in [-0.4, -0.2) is 17.4 Å². The first-order valence-electron chi connectivity index (χ1n) is 9.00. The quantitative estimate of drug-likeness (QED) is 0.477. The van der Waals surface area contributed by atoms with Crippen LogP contribution in [0.2, 0.25) is 0 Å². The van der Waals surface area contributed by atoms with Gasteiger partial charge in [-0.15, -0.1) is 11.3 Å². The standard InChI is InChI=1S/C22H16N2O3S/c1-13-23-18(12-28-13)14-6-7-19-15(10-14)8-9-24(19)21(25)17-11-16-4-2-3-5-20(16)27-22(17)26/h2-7,10-12H,8-9H2,1H3. The Hall–Kier alpha value is -3.25. The van der Waals surface area contributed by atoms with Gasteiger partial charge in [-0.05, 0) is 43.2 Å². The second-order valence-corrected chi connectivity index (χ2v) is 7.85. The topological polar surface area (TPSA) is 63.4 Å². The fraction of sp³-hybridized carbons (Fsp3) is 0.136. The molecule has 2 aromatic heterocycles. The van der Waals surface area contributed by atoms with Crippen LogP contribution in [-0.2, 0) is 6.42 Å². The highest BCUT2D eigenvalue weighted by molar-refractivity contribution is 7.09. The van der Waals surface area contributed by atoms with Gasteiger partial charge in [-0.3, -0.25) is 4.79 Å². The maximum absolute atomic E-state index is 13.1. The molecule has 0 N–H and O–H groups in total. The molecule has 0 aliphatic carbocycles. The average molecular weight is 388 g/mol. The molecule has 0 atom stereocenters. The first kappa shape index (κ1) is 16.9. The normalized spacial score (nSPS) is 13.1. The smallest absolute Gasteiger partial charge is 0.349 e. The van der Waals surface area contributed by atoms with Crippen molar-refractivity contribution in [2.75, 3.05) is 11.4 Å². The van der Waals surface area contributed by atoms with Gasteiger partial charge >= 0.3 is 5.63 Å². The van der Waals surface area contributed by atoms with E-state index in [0.29, 0.717) is 12.1 Å². The number of amides is 1. The van der Waals surface area contributed by atoms with E-state index in [-0.39, 0.29) is 11.5 Å². The highest BCUT2D eigenvalue weighted by Crippen LogP contribution is 2.33. The van der Waals surface area contributed by atoms with E-state index in [1.807, 2.05) is 36.6 Å². The maximum Gasteiger partial charge on any atom is 0.349 e. The van der Waals surface area contributed by atoms with Gasteiger partial charge in [0.15, 0.2) is 0 Å². The first-order valence-corrected chi connectivity index (χ1v) is 9.88. The molecule has 5 nitrogen and oxygen atoms in total. The zero-order valence-electron chi connectivity index (χ0n) is 15.1. The second-order valence-electron chi connectivity index (χ2n) is 6.79. The lowest BCUT2D eigenvalue weighted by Crippen LogP contribution is -2.32. The van der Waals surface area contributed by atoms with Crippen molar-refractivity contribution in [3.05, 3.63) is 80.5 Å². The lowest BCUT2D eigenvalue weighted by Gasteiger charge is -2.17. The van der Waals surface area contributed by atoms with Crippen molar-refractivity contribution in [3.8, 4) is 11.3 Å². The van der Waals surface area contributed by atoms with Crippen LogP contribution in [0.5, 0.6) is 0 Å². The van der Waals surface area contributed by atoms with E-state index in [0.717, 1.165) is 39.3 Å². The molecule has 3 heterocycles. The van der Waals surface area contributed by atoms with Crippen LogP contribution in [0.3, 0.4) is 0 Å². The zero-order valence-corrected chi connectivity index (χ0v) is 16.0. The predicted octanol–water partition coefficient (Wildman–Crippen LogP) is 4.43. The van der Waals surface area contributed by atoms with Crippen molar-refractivity contribution in [1.29, 1.82) is 0 Å². The van der Waals surface area contributed by atoms with Crippen molar-refractivity contribution in [1.82, 2.24) is 4.98 Å². The fourth-order valence-corrected chi connectivity index (χ4v) is 4.25. The van der Waals surface area contributed by atoms with Gasteiger partial charge in [0.1, 0.15) is 11.1 Å². The Kier molecular flexibility index (Phi) is 3.87. The molecule has 0 fully saturated rings. The van der Waals surface area contributed by atoms with Crippen LogP contribution >= 0.6 is 11.3 Å². The largest absolute Gasteiger partial charge is 0.422 e.